The number of nitrogens with zero attached hydrogens (tertiary/aromatic N) is 7. The summed E-state index contributed by atoms with van der Waals surface area (Å²) in [5.74, 6) is 1.22. The van der Waals surface area contributed by atoms with E-state index in [0.29, 0.717) is 50.0 Å². The number of likely N-dealkylation sites (tertiary alicyclic amines) is 2. The molecule has 12 nitrogen and oxygen atoms in total. The highest BCUT2D eigenvalue weighted by molar-refractivity contribution is 5.68. The van der Waals surface area contributed by atoms with E-state index in [1.54, 1.807) is 9.42 Å². The minimum Gasteiger partial charge on any atom is -0.446 e. The highest BCUT2D eigenvalue weighted by atomic mass is 19.1. The summed E-state index contributed by atoms with van der Waals surface area (Å²) in [4.78, 5) is 27.7. The Morgan fingerprint density at radius 1 is 1.27 bits per heavy atom. The largest absolute Gasteiger partial charge is 0.446 e. The lowest BCUT2D eigenvalue weighted by atomic mass is 9.97. The lowest BCUT2D eigenvalue weighted by Gasteiger charge is -2.43. The Labute approximate surface area is 241 Å². The number of anilines is 2. The summed E-state index contributed by atoms with van der Waals surface area (Å²) >= 11 is 0. The molecule has 4 rings (SSSR count). The molecule has 41 heavy (non-hydrogen) atoms. The number of ether oxygens (including phenoxy) is 1. The second kappa shape index (κ2) is 13.8. The fourth-order valence-corrected chi connectivity index (χ4v) is 5.08. The summed E-state index contributed by atoms with van der Waals surface area (Å²) in [6.07, 6.45) is 7.55. The van der Waals surface area contributed by atoms with E-state index in [2.05, 4.69) is 50.5 Å². The predicted octanol–water partition coefficient (Wildman–Crippen LogP) is 2.59. The second-order valence-electron chi connectivity index (χ2n) is 11.8. The van der Waals surface area contributed by atoms with Gasteiger partial charge in [-0.2, -0.15) is 19.6 Å². The first kappa shape index (κ1) is 30.9. The summed E-state index contributed by atoms with van der Waals surface area (Å²) < 4.78 is 22.0. The number of piperidine rings is 1. The van der Waals surface area contributed by atoms with Gasteiger partial charge >= 0.3 is 6.09 Å². The molecule has 228 valence electrons. The van der Waals surface area contributed by atoms with Crippen LogP contribution in [0.15, 0.2) is 18.3 Å². The van der Waals surface area contributed by atoms with Crippen molar-refractivity contribution >= 4 is 23.6 Å². The molecule has 3 N–H and O–H groups in total. The Morgan fingerprint density at radius 2 is 2.00 bits per heavy atom. The number of rotatable bonds is 13. The Bertz CT molecular complexity index is 1170. The lowest BCUT2D eigenvalue weighted by molar-refractivity contribution is -0.0692. The number of hydrogen-bond donors (Lipinski definition) is 3. The maximum atomic E-state index is 14.9. The fraction of sp³-hybridized carbons (Fsp3) is 0.714. The van der Waals surface area contributed by atoms with E-state index < -0.39 is 11.8 Å². The first-order valence-corrected chi connectivity index (χ1v) is 14.6. The number of carbonyl (C=O) groups excluding carboxylic acids is 1. The van der Waals surface area contributed by atoms with Crippen LogP contribution in [0.5, 0.6) is 0 Å². The molecule has 1 atom stereocenters. The van der Waals surface area contributed by atoms with Crippen molar-refractivity contribution in [1.29, 1.82) is 0 Å². The third-order valence-corrected chi connectivity index (χ3v) is 7.62. The monoisotopic (exact) mass is 575 g/mol. The number of alkyl halides is 1. The van der Waals surface area contributed by atoms with Crippen molar-refractivity contribution in [2.75, 3.05) is 77.2 Å². The Balaban J connectivity index is 1.28. The van der Waals surface area contributed by atoms with E-state index in [0.717, 1.165) is 18.5 Å². The van der Waals surface area contributed by atoms with Gasteiger partial charge in [-0.1, -0.05) is 32.9 Å². The third-order valence-electron chi connectivity index (χ3n) is 7.62. The summed E-state index contributed by atoms with van der Waals surface area (Å²) in [5, 5.41) is 20.9. The van der Waals surface area contributed by atoms with Gasteiger partial charge in [-0.25, -0.2) is 9.18 Å². The summed E-state index contributed by atoms with van der Waals surface area (Å²) in [6, 6.07) is -0.0915. The van der Waals surface area contributed by atoms with Crippen LogP contribution in [0.25, 0.3) is 5.65 Å². The van der Waals surface area contributed by atoms with Crippen LogP contribution in [-0.4, -0.2) is 130 Å². The lowest BCUT2D eigenvalue weighted by Crippen LogP contribution is -2.61. The highest BCUT2D eigenvalue weighted by Crippen LogP contribution is 2.27. The molecule has 2 aliphatic heterocycles. The molecule has 4 heterocycles. The van der Waals surface area contributed by atoms with Crippen molar-refractivity contribution in [2.45, 2.75) is 63.7 Å². The van der Waals surface area contributed by atoms with Gasteiger partial charge in [0.2, 0.25) is 11.9 Å². The maximum absolute atomic E-state index is 14.9. The van der Waals surface area contributed by atoms with Crippen LogP contribution >= 0.6 is 0 Å². The number of nitrogens with one attached hydrogen (secondary N) is 2. The van der Waals surface area contributed by atoms with Crippen LogP contribution in [-0.2, 0) is 4.74 Å². The average molecular weight is 576 g/mol. The fourth-order valence-electron chi connectivity index (χ4n) is 5.08. The van der Waals surface area contributed by atoms with Gasteiger partial charge < -0.3 is 30.3 Å². The van der Waals surface area contributed by atoms with Gasteiger partial charge in [0.15, 0.2) is 11.3 Å². The number of fused-ring (bicyclic) bond motifs is 1. The molecule has 2 aromatic rings. The highest BCUT2D eigenvalue weighted by Gasteiger charge is 2.44. The zero-order chi connectivity index (χ0) is 29.6. The van der Waals surface area contributed by atoms with E-state index in [4.69, 9.17) is 4.74 Å². The summed E-state index contributed by atoms with van der Waals surface area (Å²) in [5.41, 5.74) is 0.239. The van der Waals surface area contributed by atoms with Crippen LogP contribution in [0.2, 0.25) is 0 Å². The van der Waals surface area contributed by atoms with Gasteiger partial charge in [0.25, 0.3) is 0 Å². The van der Waals surface area contributed by atoms with Gasteiger partial charge in [-0.05, 0) is 39.3 Å². The number of likely N-dealkylation sites (N-methyl/N-ethyl adjacent to an activating group) is 1. The number of aromatic nitrogens is 4. The van der Waals surface area contributed by atoms with Crippen molar-refractivity contribution in [3.8, 4) is 0 Å². The van der Waals surface area contributed by atoms with Crippen molar-refractivity contribution in [2.24, 2.45) is 0 Å². The van der Waals surface area contributed by atoms with E-state index in [-0.39, 0.29) is 44.3 Å². The molecule has 0 aromatic carbocycles. The summed E-state index contributed by atoms with van der Waals surface area (Å²) in [7, 11) is 4.01. The Hall–Kier alpha value is -3.03. The van der Waals surface area contributed by atoms with E-state index in [1.807, 2.05) is 38.2 Å². The van der Waals surface area contributed by atoms with Crippen LogP contribution in [0.1, 0.15) is 51.5 Å². The summed E-state index contributed by atoms with van der Waals surface area (Å²) in [6.45, 7) is 9.01. The number of halogens is 1. The van der Waals surface area contributed by atoms with E-state index in [1.165, 1.54) is 0 Å². The smallest absolute Gasteiger partial charge is 0.409 e. The molecule has 1 amide bonds. The zero-order valence-corrected chi connectivity index (χ0v) is 25.0. The van der Waals surface area contributed by atoms with Gasteiger partial charge in [-0.3, -0.25) is 4.90 Å². The molecule has 2 fully saturated rings. The first-order chi connectivity index (χ1) is 19.6. The van der Waals surface area contributed by atoms with Gasteiger partial charge in [-0.15, -0.1) is 0 Å². The van der Waals surface area contributed by atoms with Gasteiger partial charge in [0.1, 0.15) is 6.61 Å². The number of amides is 1. The topological polar surface area (TPSA) is 123 Å². The predicted molar refractivity (Wildman–Crippen MR) is 157 cm³/mol. The van der Waals surface area contributed by atoms with E-state index >= 15 is 0 Å². The zero-order valence-electron chi connectivity index (χ0n) is 25.0. The van der Waals surface area contributed by atoms with Crippen LogP contribution < -0.4 is 10.6 Å². The molecule has 2 aromatic heterocycles. The van der Waals surface area contributed by atoms with Crippen molar-refractivity contribution in [1.82, 2.24) is 34.3 Å². The van der Waals surface area contributed by atoms with Crippen LogP contribution in [0.3, 0.4) is 0 Å². The van der Waals surface area contributed by atoms with Crippen molar-refractivity contribution in [3.63, 3.8) is 0 Å². The molecular weight excluding hydrogens is 529 g/mol. The number of aliphatic hydroxyl groups excluding tert-OH is 1. The molecule has 2 aliphatic rings. The molecular formula is C28H46FN9O3. The molecule has 0 radical (unpaired) electrons. The minimum absolute atomic E-state index is 0.0190. The molecule has 0 aliphatic carbocycles. The van der Waals surface area contributed by atoms with Gasteiger partial charge in [0.05, 0.1) is 18.8 Å². The quantitative estimate of drug-likeness (QED) is 0.307. The van der Waals surface area contributed by atoms with E-state index in [9.17, 15) is 14.3 Å². The molecule has 2 saturated heterocycles. The standard InChI is InChI=1S/C28H46FN9O3/c1-6-21(16-39)31-25-33-24-23(20(2)3)15-30-38(24)26(34-25)32-22-9-13-37(14-10-22)27(40)41-19-28(29)17-36(18-28)12-8-7-11-35(4)5/h7-8,15,20-22,39H,6,9-14,16-19H2,1-5H3,(H2,31,32,33,34)/b8-7+/t21-/m1/s1. The normalized spacial score (nSPS) is 18.8. The van der Waals surface area contributed by atoms with Gasteiger partial charge in [0, 0.05) is 50.9 Å². The average Bonchev–Trinajstić information content (AvgIpc) is 3.36. The Kier molecular flexibility index (Phi) is 10.4. The molecule has 0 spiro atoms. The maximum Gasteiger partial charge on any atom is 0.409 e. The third kappa shape index (κ3) is 8.04. The van der Waals surface area contributed by atoms with Crippen molar-refractivity contribution in [3.05, 3.63) is 23.9 Å². The van der Waals surface area contributed by atoms with Crippen LogP contribution in [0, 0.1) is 0 Å². The minimum atomic E-state index is -1.49. The van der Waals surface area contributed by atoms with Crippen molar-refractivity contribution < 1.29 is 19.0 Å². The molecule has 0 unspecified atom stereocenters. The molecule has 13 heteroatoms. The number of carbonyl (C=O) groups is 1. The number of hydrogen-bond acceptors (Lipinski definition) is 10. The number of aliphatic hydroxyl groups is 1. The second-order valence-corrected chi connectivity index (χ2v) is 11.8. The SMILES string of the molecule is CC[C@H](CO)Nc1nc(NC2CCN(C(=O)OCC3(F)CN(C/C=C/CN(C)C)C3)CC2)n2ncc(C(C)C)c2n1. The molecule has 0 saturated carbocycles. The Morgan fingerprint density at radius 3 is 2.63 bits per heavy atom. The first-order valence-electron chi connectivity index (χ1n) is 14.6. The van der Waals surface area contributed by atoms with Crippen LogP contribution in [0.4, 0.5) is 21.1 Å². The molecule has 0 bridgehead atoms.